The number of hydrogen-bond acceptors (Lipinski definition) is 5. The largest absolute Gasteiger partial charge is 0.368 e. The summed E-state index contributed by atoms with van der Waals surface area (Å²) < 4.78 is 27.2. The van der Waals surface area contributed by atoms with E-state index in [-0.39, 0.29) is 0 Å². The molecule has 0 unspecified atom stereocenters. The van der Waals surface area contributed by atoms with Crippen LogP contribution in [0.2, 0.25) is 0 Å². The number of aromatic nitrogens is 3. The molecule has 1 aliphatic heterocycles. The van der Waals surface area contributed by atoms with Gasteiger partial charge in [0.25, 0.3) is 10.2 Å². The Kier molecular flexibility index (Phi) is 7.45. The third kappa shape index (κ3) is 5.18. The molecule has 2 N–H and O–H groups in total. The molecule has 45 heavy (non-hydrogen) atoms. The topological polar surface area (TPSA) is 97.3 Å². The minimum atomic E-state index is -3.71. The molecule has 0 amide bonds. The van der Waals surface area contributed by atoms with Gasteiger partial charge in [-0.3, -0.25) is 9.67 Å². The minimum absolute atomic E-state index is 0.342. The zero-order valence-electron chi connectivity index (χ0n) is 25.0. The van der Waals surface area contributed by atoms with Gasteiger partial charge in [0.05, 0.1) is 11.2 Å². The van der Waals surface area contributed by atoms with Gasteiger partial charge in [-0.1, -0.05) is 97.1 Å². The minimum Gasteiger partial charge on any atom is -0.368 e. The number of nitrogens with two attached hydrogens (primary N) is 1. The van der Waals surface area contributed by atoms with Crippen molar-refractivity contribution in [3.8, 4) is 11.1 Å². The van der Waals surface area contributed by atoms with Gasteiger partial charge in [-0.15, -0.1) is 0 Å². The molecule has 1 aliphatic rings. The Morgan fingerprint density at radius 3 is 1.82 bits per heavy atom. The zero-order valence-corrected chi connectivity index (χ0v) is 25.8. The molecule has 0 bridgehead atoms. The number of pyridine rings is 1. The molecule has 0 aliphatic carbocycles. The average molecular weight is 615 g/mol. The Hall–Kier alpha value is -4.83. The molecule has 226 valence electrons. The number of nitrogens with zero attached hydrogens (tertiary/aromatic N) is 5. The van der Waals surface area contributed by atoms with Crippen molar-refractivity contribution in [2.24, 2.45) is 5.14 Å². The molecule has 9 heteroatoms. The van der Waals surface area contributed by atoms with Crippen LogP contribution in [0.1, 0.15) is 22.4 Å². The van der Waals surface area contributed by atoms with Crippen LogP contribution >= 0.6 is 0 Å². The highest BCUT2D eigenvalue weighted by Gasteiger charge is 2.39. The Labute approximate surface area is 263 Å². The van der Waals surface area contributed by atoms with Gasteiger partial charge in [-0.25, -0.2) is 5.14 Å². The number of rotatable bonds is 7. The first-order valence-electron chi connectivity index (χ1n) is 15.0. The van der Waals surface area contributed by atoms with Gasteiger partial charge in [0.1, 0.15) is 5.54 Å². The zero-order chi connectivity index (χ0) is 31.0. The Bertz CT molecular complexity index is 1960. The van der Waals surface area contributed by atoms with E-state index in [4.69, 9.17) is 10.2 Å². The maximum absolute atomic E-state index is 11.9. The quantitative estimate of drug-likeness (QED) is 0.237. The lowest BCUT2D eigenvalue weighted by Crippen LogP contribution is -2.50. The maximum atomic E-state index is 11.9. The first kappa shape index (κ1) is 28.9. The highest BCUT2D eigenvalue weighted by Crippen LogP contribution is 2.42. The first-order valence-corrected chi connectivity index (χ1v) is 16.5. The van der Waals surface area contributed by atoms with Crippen molar-refractivity contribution in [3.05, 3.63) is 150 Å². The number of fused-ring (bicyclic) bond motifs is 1. The average Bonchev–Trinajstić information content (AvgIpc) is 3.47. The van der Waals surface area contributed by atoms with Gasteiger partial charge in [0.2, 0.25) is 0 Å². The lowest BCUT2D eigenvalue weighted by Gasteiger charge is -2.36. The van der Waals surface area contributed by atoms with Crippen LogP contribution in [0.25, 0.3) is 22.0 Å². The second-order valence-electron chi connectivity index (χ2n) is 11.4. The van der Waals surface area contributed by atoms with E-state index in [0.717, 1.165) is 50.1 Å². The molecule has 0 saturated carbocycles. The third-order valence-electron chi connectivity index (χ3n) is 8.79. The predicted molar refractivity (Wildman–Crippen MR) is 179 cm³/mol. The summed E-state index contributed by atoms with van der Waals surface area (Å²) in [7, 11) is -3.71. The molecule has 6 aromatic rings. The number of benzene rings is 4. The van der Waals surface area contributed by atoms with E-state index in [1.165, 1.54) is 4.31 Å². The third-order valence-corrected chi connectivity index (χ3v) is 9.87. The summed E-state index contributed by atoms with van der Waals surface area (Å²) in [5.74, 6) is 0. The van der Waals surface area contributed by atoms with Gasteiger partial charge in [0, 0.05) is 55.2 Å². The smallest absolute Gasteiger partial charge is 0.277 e. The predicted octanol–water partition coefficient (Wildman–Crippen LogP) is 5.57. The summed E-state index contributed by atoms with van der Waals surface area (Å²) in [5, 5.41) is 11.6. The molecular weight excluding hydrogens is 581 g/mol. The normalized spacial score (nSPS) is 14.6. The van der Waals surface area contributed by atoms with E-state index in [9.17, 15) is 8.42 Å². The monoisotopic (exact) mass is 614 g/mol. The Balaban J connectivity index is 1.37. The molecule has 1 saturated heterocycles. The molecule has 7 rings (SSSR count). The van der Waals surface area contributed by atoms with E-state index < -0.39 is 15.7 Å². The molecule has 0 spiro atoms. The second-order valence-corrected chi connectivity index (χ2v) is 12.9. The van der Waals surface area contributed by atoms with Crippen LogP contribution in [0.5, 0.6) is 0 Å². The van der Waals surface area contributed by atoms with Crippen LogP contribution in [0, 0.1) is 6.92 Å². The van der Waals surface area contributed by atoms with Crippen molar-refractivity contribution < 1.29 is 8.42 Å². The van der Waals surface area contributed by atoms with Crippen LogP contribution in [0.3, 0.4) is 0 Å². The fourth-order valence-corrected chi connectivity index (χ4v) is 7.28. The van der Waals surface area contributed by atoms with E-state index in [0.29, 0.717) is 26.2 Å². The summed E-state index contributed by atoms with van der Waals surface area (Å²) in [4.78, 5) is 6.84. The second kappa shape index (κ2) is 11.6. The van der Waals surface area contributed by atoms with Crippen LogP contribution in [-0.4, -0.2) is 53.7 Å². The summed E-state index contributed by atoms with van der Waals surface area (Å²) >= 11 is 0. The number of hydrogen-bond donors (Lipinski definition) is 1. The fourth-order valence-electron chi connectivity index (χ4n) is 6.61. The molecule has 2 aromatic heterocycles. The Morgan fingerprint density at radius 1 is 0.733 bits per heavy atom. The summed E-state index contributed by atoms with van der Waals surface area (Å²) in [6.07, 6.45) is 3.96. The SMILES string of the molecule is Cc1nn(C(c2ccccc2)(c2ccccc2)c2ccccc2)cc1-c1ccc2nccc(N3CCN(S(N)(=O)=O)CC3)c2c1. The molecule has 4 aromatic carbocycles. The lowest BCUT2D eigenvalue weighted by molar-refractivity contribution is 0.386. The number of anilines is 1. The van der Waals surface area contributed by atoms with Gasteiger partial charge >= 0.3 is 0 Å². The first-order chi connectivity index (χ1) is 21.9. The van der Waals surface area contributed by atoms with Gasteiger partial charge < -0.3 is 4.90 Å². The molecular formula is C36H34N6O2S. The lowest BCUT2D eigenvalue weighted by atomic mass is 9.77. The van der Waals surface area contributed by atoms with Gasteiger partial charge in [0.15, 0.2) is 0 Å². The van der Waals surface area contributed by atoms with E-state index in [2.05, 4.69) is 113 Å². The van der Waals surface area contributed by atoms with Crippen molar-refractivity contribution in [1.82, 2.24) is 19.1 Å². The molecule has 0 atom stereocenters. The summed E-state index contributed by atoms with van der Waals surface area (Å²) in [6.45, 7) is 3.83. The Morgan fingerprint density at radius 2 is 1.29 bits per heavy atom. The highest BCUT2D eigenvalue weighted by atomic mass is 32.2. The van der Waals surface area contributed by atoms with E-state index in [1.807, 2.05) is 30.3 Å². The van der Waals surface area contributed by atoms with Crippen molar-refractivity contribution in [3.63, 3.8) is 0 Å². The summed E-state index contributed by atoms with van der Waals surface area (Å²) in [5.41, 5.74) is 7.49. The van der Waals surface area contributed by atoms with Gasteiger partial charge in [-0.2, -0.15) is 17.8 Å². The van der Waals surface area contributed by atoms with Crippen molar-refractivity contribution in [2.75, 3.05) is 31.1 Å². The molecule has 8 nitrogen and oxygen atoms in total. The number of piperazine rings is 1. The van der Waals surface area contributed by atoms with Crippen molar-refractivity contribution in [2.45, 2.75) is 12.5 Å². The van der Waals surface area contributed by atoms with Crippen molar-refractivity contribution >= 4 is 26.8 Å². The molecule has 1 fully saturated rings. The van der Waals surface area contributed by atoms with Crippen LogP contribution in [0.4, 0.5) is 5.69 Å². The highest BCUT2D eigenvalue weighted by molar-refractivity contribution is 7.86. The molecule has 3 heterocycles. The molecule has 0 radical (unpaired) electrons. The van der Waals surface area contributed by atoms with Gasteiger partial charge in [-0.05, 0) is 47.4 Å². The van der Waals surface area contributed by atoms with E-state index in [1.54, 1.807) is 6.20 Å². The maximum Gasteiger partial charge on any atom is 0.277 e. The number of aryl methyl sites for hydroxylation is 1. The van der Waals surface area contributed by atoms with E-state index >= 15 is 0 Å². The van der Waals surface area contributed by atoms with Crippen LogP contribution in [-0.2, 0) is 15.7 Å². The standard InChI is InChI=1S/C36H34N6O2S/c1-27-33(28-17-18-34-32(25-28)35(19-20-38-34)40-21-23-41(24-22-40)45(37,43)44)26-42(39-27)36(29-11-5-2-6-12-29,30-13-7-3-8-14-30)31-15-9-4-10-16-31/h2-20,25-26H,21-24H2,1H3,(H2,37,43,44). The van der Waals surface area contributed by atoms with Crippen molar-refractivity contribution in [1.29, 1.82) is 0 Å². The fraction of sp³-hybridized carbons (Fsp3) is 0.167. The summed E-state index contributed by atoms with van der Waals surface area (Å²) in [6, 6.07) is 39.9. The van der Waals surface area contributed by atoms with Crippen LogP contribution in [0.15, 0.2) is 128 Å². The van der Waals surface area contributed by atoms with Crippen LogP contribution < -0.4 is 10.0 Å².